The van der Waals surface area contributed by atoms with Crippen molar-refractivity contribution in [2.45, 2.75) is 32.6 Å². The van der Waals surface area contributed by atoms with E-state index >= 15 is 0 Å². The van der Waals surface area contributed by atoms with Gasteiger partial charge in [0.05, 0.1) is 0 Å². The van der Waals surface area contributed by atoms with Gasteiger partial charge in [-0.2, -0.15) is 48.6 Å². The van der Waals surface area contributed by atoms with E-state index in [1.54, 1.807) is 6.08 Å². The maximum atomic E-state index is 5.01. The van der Waals surface area contributed by atoms with Crippen LogP contribution in [0.5, 0.6) is 0 Å². The molecule has 0 aromatic heterocycles. The fourth-order valence-electron chi connectivity index (χ4n) is 1.19. The molecule has 0 radical (unpaired) electrons. The summed E-state index contributed by atoms with van der Waals surface area (Å²) in [6.07, 6.45) is 23.9. The monoisotopic (exact) mass is 402 g/mol. The van der Waals surface area contributed by atoms with Crippen LogP contribution in [-0.2, 0) is 26.2 Å². The minimum absolute atomic E-state index is 0. The Hall–Kier alpha value is -0.907. The molecule has 2 aliphatic carbocycles. The predicted molar refractivity (Wildman–Crippen MR) is 99.4 cm³/mol. The van der Waals surface area contributed by atoms with E-state index in [9.17, 15) is 0 Å². The fourth-order valence-corrected chi connectivity index (χ4v) is 1.19. The van der Waals surface area contributed by atoms with E-state index in [0.717, 1.165) is 25.7 Å². The van der Waals surface area contributed by atoms with Gasteiger partial charge in [0.1, 0.15) is 0 Å². The first-order valence-electron chi connectivity index (χ1n) is 7.29. The van der Waals surface area contributed by atoms with Crippen LogP contribution in [0.2, 0.25) is 0 Å². The van der Waals surface area contributed by atoms with E-state index in [1.807, 2.05) is 54.6 Å². The molecule has 0 saturated heterocycles. The topological polar surface area (TPSA) is 0 Å². The third-order valence-electron chi connectivity index (χ3n) is 2.23. The van der Waals surface area contributed by atoms with Crippen LogP contribution in [0.1, 0.15) is 32.6 Å². The van der Waals surface area contributed by atoms with Crippen molar-refractivity contribution in [3.63, 3.8) is 0 Å². The zero-order valence-corrected chi connectivity index (χ0v) is 17.0. The van der Waals surface area contributed by atoms with Crippen molar-refractivity contribution in [3.8, 4) is 0 Å². The van der Waals surface area contributed by atoms with Gasteiger partial charge >= 0.3 is 26.2 Å². The Bertz CT molecular complexity index is 362. The first-order valence-corrected chi connectivity index (χ1v) is 7.29. The van der Waals surface area contributed by atoms with Gasteiger partial charge in [0.25, 0.3) is 0 Å². The van der Waals surface area contributed by atoms with Gasteiger partial charge in [-0.1, -0.05) is 19.8 Å². The van der Waals surface area contributed by atoms with Gasteiger partial charge in [-0.15, -0.1) is 25.2 Å². The van der Waals surface area contributed by atoms with E-state index < -0.39 is 0 Å². The molecule has 120 valence electrons. The van der Waals surface area contributed by atoms with Gasteiger partial charge in [0, 0.05) is 0 Å². The summed E-state index contributed by atoms with van der Waals surface area (Å²) in [5, 5.41) is 0. The standard InChI is InChI=1S/C6H5.2C5H5.C5H9.ClH.Zr/c1-2-4-6-5-3-1;2*1-2-4-5-3-1;1-3-5-4-2;;/h1-5H;2*1-3H,4H2;1,3H,4-5H2,2H3;1H;/q4*-1;;+4. The Morgan fingerprint density at radius 2 is 1.48 bits per heavy atom. The third-order valence-corrected chi connectivity index (χ3v) is 2.23. The molecule has 23 heavy (non-hydrogen) atoms. The maximum Gasteiger partial charge on any atom is 4.00 e. The second-order valence-corrected chi connectivity index (χ2v) is 4.11. The van der Waals surface area contributed by atoms with Crippen molar-refractivity contribution in [2.75, 3.05) is 0 Å². The molecule has 1 aromatic rings. The Morgan fingerprint density at radius 3 is 1.57 bits per heavy atom. The summed E-state index contributed by atoms with van der Waals surface area (Å²) in [4.78, 5) is 0. The first kappa shape index (κ1) is 27.0. The quantitative estimate of drug-likeness (QED) is 0.508. The second-order valence-electron chi connectivity index (χ2n) is 4.11. The minimum atomic E-state index is 0. The maximum absolute atomic E-state index is 5.01. The minimum Gasteiger partial charge on any atom is -0.518 e. The SMILES string of the molecule is Cl.[C-]1=CC=CC1.[C-]1=CC=CC1.[CH-]=CCCC.[Zr+4].[c-]1ccccc1. The number of hydrogen-bond acceptors (Lipinski definition) is 0. The fraction of sp³-hybridized carbons (Fsp3) is 0.238. The van der Waals surface area contributed by atoms with E-state index in [2.05, 4.69) is 37.3 Å². The molecular formula is C21H25ClZr. The summed E-state index contributed by atoms with van der Waals surface area (Å²) in [7, 11) is 0. The number of hydrogen-bond donors (Lipinski definition) is 0. The average Bonchev–Trinajstić information content (AvgIpc) is 3.29. The van der Waals surface area contributed by atoms with Crippen LogP contribution in [0.15, 0.2) is 72.9 Å². The Labute approximate surface area is 168 Å². The molecule has 2 aliphatic rings. The Morgan fingerprint density at radius 1 is 0.957 bits per heavy atom. The van der Waals surface area contributed by atoms with Crippen molar-refractivity contribution in [3.05, 3.63) is 97.7 Å². The molecule has 0 nitrogen and oxygen atoms in total. The third kappa shape index (κ3) is 26.3. The molecular weight excluding hydrogens is 379 g/mol. The van der Waals surface area contributed by atoms with Gasteiger partial charge < -0.3 is 6.58 Å². The number of rotatable bonds is 2. The molecule has 0 amide bonds. The molecule has 0 heterocycles. The van der Waals surface area contributed by atoms with Crippen LogP contribution in [-0.4, -0.2) is 0 Å². The second kappa shape index (κ2) is 26.0. The van der Waals surface area contributed by atoms with Gasteiger partial charge in [0.2, 0.25) is 0 Å². The summed E-state index contributed by atoms with van der Waals surface area (Å²) >= 11 is 0. The number of halogens is 1. The van der Waals surface area contributed by atoms with Crippen molar-refractivity contribution in [2.24, 2.45) is 0 Å². The van der Waals surface area contributed by atoms with E-state index in [1.165, 1.54) is 0 Å². The van der Waals surface area contributed by atoms with E-state index in [4.69, 9.17) is 6.58 Å². The van der Waals surface area contributed by atoms with Gasteiger partial charge in [-0.05, 0) is 0 Å². The first-order chi connectivity index (χ1) is 10.4. The van der Waals surface area contributed by atoms with Crippen LogP contribution >= 0.6 is 12.4 Å². The Balaban J connectivity index is -0.000000226. The molecule has 0 N–H and O–H groups in total. The van der Waals surface area contributed by atoms with Gasteiger partial charge in [0.15, 0.2) is 0 Å². The summed E-state index contributed by atoms with van der Waals surface area (Å²) in [5.74, 6) is 0. The number of benzene rings is 1. The number of unbranched alkanes of at least 4 members (excludes halogenated alkanes) is 1. The smallest absolute Gasteiger partial charge is 0.518 e. The van der Waals surface area contributed by atoms with Gasteiger partial charge in [-0.25, -0.2) is 24.3 Å². The molecule has 0 spiro atoms. The van der Waals surface area contributed by atoms with Crippen molar-refractivity contribution in [1.29, 1.82) is 0 Å². The van der Waals surface area contributed by atoms with Crippen LogP contribution in [0.4, 0.5) is 0 Å². The largest absolute Gasteiger partial charge is 4.00 e. The zero-order chi connectivity index (χ0) is 15.4. The molecule has 1 aromatic carbocycles. The molecule has 3 rings (SSSR count). The summed E-state index contributed by atoms with van der Waals surface area (Å²) in [6.45, 7) is 7.11. The summed E-state index contributed by atoms with van der Waals surface area (Å²) in [6, 6.07) is 12.5. The average molecular weight is 404 g/mol. The molecule has 2 heteroatoms. The van der Waals surface area contributed by atoms with Crippen LogP contribution in [0.3, 0.4) is 0 Å². The zero-order valence-electron chi connectivity index (χ0n) is 13.7. The Kier molecular flexibility index (Phi) is 30.5. The van der Waals surface area contributed by atoms with E-state index in [-0.39, 0.29) is 38.6 Å². The predicted octanol–water partition coefficient (Wildman–Crippen LogP) is 6.29. The molecule has 0 bridgehead atoms. The summed E-state index contributed by atoms with van der Waals surface area (Å²) in [5.41, 5.74) is 0. The van der Waals surface area contributed by atoms with Crippen LogP contribution in [0.25, 0.3) is 0 Å². The van der Waals surface area contributed by atoms with Crippen molar-refractivity contribution >= 4 is 12.4 Å². The van der Waals surface area contributed by atoms with Crippen LogP contribution in [0, 0.1) is 24.8 Å². The van der Waals surface area contributed by atoms with Gasteiger partial charge in [-0.3, -0.25) is 18.2 Å². The summed E-state index contributed by atoms with van der Waals surface area (Å²) < 4.78 is 0. The number of allylic oxidation sites excluding steroid dienone is 9. The molecule has 0 atom stereocenters. The van der Waals surface area contributed by atoms with Crippen molar-refractivity contribution < 1.29 is 26.2 Å². The molecule has 0 aliphatic heterocycles. The normalized spacial score (nSPS) is 11.3. The van der Waals surface area contributed by atoms with Crippen molar-refractivity contribution in [1.82, 2.24) is 0 Å². The molecule has 0 saturated carbocycles. The molecule has 0 unspecified atom stereocenters. The van der Waals surface area contributed by atoms with Crippen LogP contribution < -0.4 is 0 Å². The van der Waals surface area contributed by atoms with E-state index in [0.29, 0.717) is 0 Å². The molecule has 0 fully saturated rings.